The van der Waals surface area contributed by atoms with Crippen molar-refractivity contribution in [2.45, 2.75) is 0 Å². The number of halogens is 1. The van der Waals surface area contributed by atoms with E-state index in [0.717, 1.165) is 5.69 Å². The molecule has 0 bridgehead atoms. The van der Waals surface area contributed by atoms with E-state index in [2.05, 4.69) is 5.32 Å². The number of methoxy groups -OCH3 is 1. The fourth-order valence-electron chi connectivity index (χ4n) is 3.32. The highest BCUT2D eigenvalue weighted by molar-refractivity contribution is 7.11. The van der Waals surface area contributed by atoms with Crippen LogP contribution >= 0.6 is 22.9 Å². The molecule has 3 aromatic rings. The topological polar surface area (TPSA) is 61.9 Å². The molecule has 158 valence electrons. The Kier molecular flexibility index (Phi) is 5.71. The third kappa shape index (κ3) is 3.89. The minimum absolute atomic E-state index is 0.213. The Morgan fingerprint density at radius 1 is 1.03 bits per heavy atom. The molecule has 0 aliphatic carbocycles. The summed E-state index contributed by atoms with van der Waals surface area (Å²) in [5.74, 6) is -0.263. The SMILES string of the molecule is COc1ccc(NC2=C(c3cccs3)C(=O)N(c3ccc(N(C)C)cc3)C2=O)cc1Cl. The maximum atomic E-state index is 13.4. The van der Waals surface area contributed by atoms with Gasteiger partial charge in [-0.2, -0.15) is 0 Å². The van der Waals surface area contributed by atoms with Crippen LogP contribution in [-0.2, 0) is 9.59 Å². The van der Waals surface area contributed by atoms with Gasteiger partial charge in [0.05, 0.1) is 23.4 Å². The predicted molar refractivity (Wildman–Crippen MR) is 126 cm³/mol. The molecule has 0 unspecified atom stereocenters. The molecule has 2 aromatic carbocycles. The Bertz CT molecular complexity index is 1170. The standard InChI is InChI=1S/C23H20ClN3O3S/c1-26(2)15-7-9-16(10-8-15)27-22(28)20(19-5-4-12-31-19)21(23(27)29)25-14-6-11-18(30-3)17(24)13-14/h4-13,25H,1-3H3. The van der Waals surface area contributed by atoms with Crippen LogP contribution in [0.4, 0.5) is 17.1 Å². The summed E-state index contributed by atoms with van der Waals surface area (Å²) < 4.78 is 5.19. The summed E-state index contributed by atoms with van der Waals surface area (Å²) in [6.45, 7) is 0. The smallest absolute Gasteiger partial charge is 0.282 e. The van der Waals surface area contributed by atoms with Crippen molar-refractivity contribution in [2.75, 3.05) is 36.3 Å². The Labute approximate surface area is 189 Å². The molecule has 1 aliphatic heterocycles. The molecule has 1 N–H and O–H groups in total. The lowest BCUT2D eigenvalue weighted by Crippen LogP contribution is -2.32. The van der Waals surface area contributed by atoms with E-state index >= 15 is 0 Å². The summed E-state index contributed by atoms with van der Waals surface area (Å²) in [7, 11) is 5.39. The molecule has 2 amide bonds. The highest BCUT2D eigenvalue weighted by Gasteiger charge is 2.40. The lowest BCUT2D eigenvalue weighted by atomic mass is 10.2. The first-order chi connectivity index (χ1) is 14.9. The number of ether oxygens (including phenoxy) is 1. The quantitative estimate of drug-likeness (QED) is 0.539. The van der Waals surface area contributed by atoms with Crippen LogP contribution in [0.2, 0.25) is 5.02 Å². The van der Waals surface area contributed by atoms with Crippen molar-refractivity contribution in [2.24, 2.45) is 0 Å². The zero-order valence-corrected chi connectivity index (χ0v) is 18.8. The van der Waals surface area contributed by atoms with E-state index in [1.807, 2.05) is 48.6 Å². The van der Waals surface area contributed by atoms with Gasteiger partial charge in [0.25, 0.3) is 11.8 Å². The molecule has 0 spiro atoms. The minimum atomic E-state index is -0.419. The zero-order chi connectivity index (χ0) is 22.1. The average molecular weight is 454 g/mol. The number of nitrogens with one attached hydrogen (secondary N) is 1. The number of carbonyl (C=O) groups is 2. The maximum Gasteiger partial charge on any atom is 0.282 e. The van der Waals surface area contributed by atoms with Crippen LogP contribution in [0.5, 0.6) is 5.75 Å². The number of carbonyl (C=O) groups excluding carboxylic acids is 2. The van der Waals surface area contributed by atoms with E-state index in [1.54, 1.807) is 30.3 Å². The lowest BCUT2D eigenvalue weighted by Gasteiger charge is -2.18. The summed E-state index contributed by atoms with van der Waals surface area (Å²) in [5, 5.41) is 5.38. The van der Waals surface area contributed by atoms with Gasteiger partial charge in [0.2, 0.25) is 0 Å². The van der Waals surface area contributed by atoms with Crippen LogP contribution in [0, 0.1) is 0 Å². The fourth-order valence-corrected chi connectivity index (χ4v) is 4.34. The highest BCUT2D eigenvalue weighted by Crippen LogP contribution is 2.37. The first kappa shape index (κ1) is 21.0. The van der Waals surface area contributed by atoms with E-state index in [4.69, 9.17) is 16.3 Å². The monoisotopic (exact) mass is 453 g/mol. The number of amides is 2. The number of benzene rings is 2. The molecular formula is C23H20ClN3O3S. The van der Waals surface area contributed by atoms with Crippen molar-refractivity contribution < 1.29 is 14.3 Å². The number of anilines is 3. The van der Waals surface area contributed by atoms with Crippen LogP contribution in [-0.4, -0.2) is 33.0 Å². The van der Waals surface area contributed by atoms with Gasteiger partial charge in [-0.3, -0.25) is 9.59 Å². The average Bonchev–Trinajstić information content (AvgIpc) is 3.35. The molecule has 4 rings (SSSR count). The van der Waals surface area contributed by atoms with Crippen LogP contribution < -0.4 is 19.9 Å². The summed E-state index contributed by atoms with van der Waals surface area (Å²) in [6, 6.07) is 16.1. The van der Waals surface area contributed by atoms with Gasteiger partial charge in [0.15, 0.2) is 0 Å². The Hall–Kier alpha value is -3.29. The molecule has 1 aromatic heterocycles. The van der Waals surface area contributed by atoms with Gasteiger partial charge in [0.1, 0.15) is 11.4 Å². The Morgan fingerprint density at radius 3 is 2.35 bits per heavy atom. The number of hydrogen-bond donors (Lipinski definition) is 1. The van der Waals surface area contributed by atoms with E-state index in [1.165, 1.54) is 23.3 Å². The van der Waals surface area contributed by atoms with Crippen molar-refractivity contribution in [3.8, 4) is 5.75 Å². The molecule has 1 aliphatic rings. The van der Waals surface area contributed by atoms with Crippen LogP contribution in [0.1, 0.15) is 4.88 Å². The van der Waals surface area contributed by atoms with Gasteiger partial charge >= 0.3 is 0 Å². The van der Waals surface area contributed by atoms with E-state index in [9.17, 15) is 9.59 Å². The number of imide groups is 1. The summed E-state index contributed by atoms with van der Waals surface area (Å²) in [6.07, 6.45) is 0. The summed E-state index contributed by atoms with van der Waals surface area (Å²) in [5.41, 5.74) is 2.62. The van der Waals surface area contributed by atoms with Crippen molar-refractivity contribution in [3.63, 3.8) is 0 Å². The molecule has 8 heteroatoms. The second-order valence-corrected chi connectivity index (χ2v) is 8.41. The molecule has 0 saturated carbocycles. The van der Waals surface area contributed by atoms with E-state index in [0.29, 0.717) is 32.6 Å². The second kappa shape index (κ2) is 8.45. The zero-order valence-electron chi connectivity index (χ0n) is 17.2. The number of hydrogen-bond acceptors (Lipinski definition) is 6. The first-order valence-corrected chi connectivity index (χ1v) is 10.7. The van der Waals surface area contributed by atoms with Gasteiger partial charge in [-0.25, -0.2) is 4.90 Å². The molecule has 31 heavy (non-hydrogen) atoms. The van der Waals surface area contributed by atoms with Gasteiger partial charge < -0.3 is 15.0 Å². The molecule has 0 atom stereocenters. The second-order valence-electron chi connectivity index (χ2n) is 7.06. The third-order valence-electron chi connectivity index (χ3n) is 4.90. The highest BCUT2D eigenvalue weighted by atomic mass is 35.5. The Balaban J connectivity index is 1.74. The number of thiophene rings is 1. The number of rotatable bonds is 6. The lowest BCUT2D eigenvalue weighted by molar-refractivity contribution is -0.120. The Morgan fingerprint density at radius 2 is 1.77 bits per heavy atom. The van der Waals surface area contributed by atoms with Gasteiger partial charge in [-0.05, 0) is 53.9 Å². The minimum Gasteiger partial charge on any atom is -0.495 e. The van der Waals surface area contributed by atoms with Gasteiger partial charge in [0, 0.05) is 30.3 Å². The normalized spacial score (nSPS) is 13.7. The van der Waals surface area contributed by atoms with Gasteiger partial charge in [-0.15, -0.1) is 11.3 Å². The first-order valence-electron chi connectivity index (χ1n) is 9.45. The van der Waals surface area contributed by atoms with Crippen molar-refractivity contribution in [1.29, 1.82) is 0 Å². The van der Waals surface area contributed by atoms with E-state index < -0.39 is 5.91 Å². The largest absolute Gasteiger partial charge is 0.495 e. The maximum absolute atomic E-state index is 13.4. The van der Waals surface area contributed by atoms with Crippen LogP contribution in [0.25, 0.3) is 5.57 Å². The summed E-state index contributed by atoms with van der Waals surface area (Å²) >= 11 is 7.64. The molecular weight excluding hydrogens is 434 g/mol. The fraction of sp³-hybridized carbons (Fsp3) is 0.130. The molecule has 2 heterocycles. The van der Waals surface area contributed by atoms with Crippen LogP contribution in [0.3, 0.4) is 0 Å². The molecule has 0 saturated heterocycles. The molecule has 0 fully saturated rings. The van der Waals surface area contributed by atoms with Gasteiger partial charge in [-0.1, -0.05) is 17.7 Å². The summed E-state index contributed by atoms with van der Waals surface area (Å²) in [4.78, 5) is 30.6. The van der Waals surface area contributed by atoms with Crippen molar-refractivity contribution >= 4 is 57.4 Å². The van der Waals surface area contributed by atoms with E-state index in [-0.39, 0.29) is 11.6 Å². The third-order valence-corrected chi connectivity index (χ3v) is 6.08. The molecule has 6 nitrogen and oxygen atoms in total. The van der Waals surface area contributed by atoms with Crippen molar-refractivity contribution in [3.05, 3.63) is 75.6 Å². The molecule has 0 radical (unpaired) electrons. The van der Waals surface area contributed by atoms with Crippen LogP contribution in [0.15, 0.2) is 65.7 Å². The predicted octanol–water partition coefficient (Wildman–Crippen LogP) is 4.87. The van der Waals surface area contributed by atoms with Crippen molar-refractivity contribution in [1.82, 2.24) is 0 Å². The number of nitrogens with zero attached hydrogens (tertiary/aromatic N) is 2.